The van der Waals surface area contributed by atoms with Crippen LogP contribution in [0, 0.1) is 12.8 Å². The monoisotopic (exact) mass is 358 g/mol. The first kappa shape index (κ1) is 19.7. The minimum absolute atomic E-state index is 0.139. The van der Waals surface area contributed by atoms with Crippen molar-refractivity contribution in [3.05, 3.63) is 36.2 Å². The van der Waals surface area contributed by atoms with Crippen molar-refractivity contribution in [2.45, 2.75) is 39.7 Å². The van der Waals surface area contributed by atoms with Crippen LogP contribution in [-0.4, -0.2) is 28.2 Å². The molecule has 1 atom stereocenters. The molecule has 0 aromatic carbocycles. The third kappa shape index (κ3) is 5.70. The second-order valence-corrected chi connectivity index (χ2v) is 7.19. The van der Waals surface area contributed by atoms with Gasteiger partial charge in [-0.3, -0.25) is 0 Å². The maximum absolute atomic E-state index is 10.9. The van der Waals surface area contributed by atoms with E-state index >= 15 is 0 Å². The molecule has 2 aromatic heterocycles. The molecule has 0 spiro atoms. The Labute approximate surface area is 153 Å². The van der Waals surface area contributed by atoms with Crippen LogP contribution in [0.25, 0.3) is 11.1 Å². The van der Waals surface area contributed by atoms with Crippen LogP contribution in [0.5, 0.6) is 11.8 Å². The Morgan fingerprint density at radius 1 is 1.27 bits per heavy atom. The van der Waals surface area contributed by atoms with Crippen LogP contribution in [0.2, 0.25) is 0 Å². The molecule has 0 bridgehead atoms. The Morgan fingerprint density at radius 3 is 2.62 bits per heavy atom. The second-order valence-electron chi connectivity index (χ2n) is 7.19. The van der Waals surface area contributed by atoms with Crippen molar-refractivity contribution in [1.29, 1.82) is 0 Å². The van der Waals surface area contributed by atoms with E-state index in [1.165, 1.54) is 0 Å². The van der Waals surface area contributed by atoms with Crippen LogP contribution in [-0.2, 0) is 0 Å². The quantitative estimate of drug-likeness (QED) is 0.786. The van der Waals surface area contributed by atoms with Crippen LogP contribution in [0.15, 0.2) is 30.6 Å². The molecule has 7 nitrogen and oxygen atoms in total. The third-order valence-corrected chi connectivity index (χ3v) is 3.72. The van der Waals surface area contributed by atoms with E-state index in [2.05, 4.69) is 23.8 Å². The van der Waals surface area contributed by atoms with Crippen LogP contribution < -0.4 is 20.9 Å². The molecule has 1 amide bonds. The number of rotatable bonds is 7. The summed E-state index contributed by atoms with van der Waals surface area (Å²) in [5, 5.41) is 0. The topological polar surface area (TPSA) is 113 Å². The van der Waals surface area contributed by atoms with Crippen LogP contribution in [0.1, 0.15) is 32.8 Å². The summed E-state index contributed by atoms with van der Waals surface area (Å²) in [6, 6.07) is 5.37. The van der Waals surface area contributed by atoms with E-state index < -0.39 is 11.6 Å². The first-order valence-corrected chi connectivity index (χ1v) is 8.48. The fourth-order valence-corrected chi connectivity index (χ4v) is 2.84. The zero-order valence-electron chi connectivity index (χ0n) is 15.7. The summed E-state index contributed by atoms with van der Waals surface area (Å²) in [6.45, 7) is 8.56. The van der Waals surface area contributed by atoms with Gasteiger partial charge in [-0.15, -0.1) is 0 Å². The zero-order chi connectivity index (χ0) is 19.3. The first-order valence-electron chi connectivity index (χ1n) is 8.48. The Morgan fingerprint density at radius 2 is 2.00 bits per heavy atom. The van der Waals surface area contributed by atoms with Gasteiger partial charge in [-0.2, -0.15) is 0 Å². The van der Waals surface area contributed by atoms with Crippen molar-refractivity contribution in [1.82, 2.24) is 9.97 Å². The van der Waals surface area contributed by atoms with E-state index in [0.717, 1.165) is 23.1 Å². The van der Waals surface area contributed by atoms with Gasteiger partial charge >= 0.3 is 6.09 Å². The molecule has 140 valence electrons. The third-order valence-electron chi connectivity index (χ3n) is 3.72. The van der Waals surface area contributed by atoms with Gasteiger partial charge in [0.1, 0.15) is 6.61 Å². The lowest BCUT2D eigenvalue weighted by Gasteiger charge is -2.26. The first-order chi connectivity index (χ1) is 12.2. The number of aromatic nitrogens is 2. The molecule has 2 heterocycles. The smallest absolute Gasteiger partial charge is 0.411 e. The molecule has 7 heteroatoms. The van der Waals surface area contributed by atoms with Gasteiger partial charge in [-0.1, -0.05) is 13.8 Å². The summed E-state index contributed by atoms with van der Waals surface area (Å²) < 4.78 is 10.6. The van der Waals surface area contributed by atoms with Crippen molar-refractivity contribution in [3.8, 4) is 22.9 Å². The molecule has 26 heavy (non-hydrogen) atoms. The standard InChI is InChI=1S/C19H26N4O3/c1-12(2)9-19(4,21)11-25-17-13(3)7-15(10-23-17)14-5-6-22-16(8-14)26-18(20)24/h5-8,10,12H,9,11,21H2,1-4H3,(H2,20,24). The molecule has 0 saturated carbocycles. The minimum atomic E-state index is -0.904. The summed E-state index contributed by atoms with van der Waals surface area (Å²) in [4.78, 5) is 19.2. The number of carbonyl (C=O) groups excluding carboxylic acids is 1. The van der Waals surface area contributed by atoms with Crippen molar-refractivity contribution >= 4 is 6.09 Å². The molecular weight excluding hydrogens is 332 g/mol. The number of pyridine rings is 2. The lowest BCUT2D eigenvalue weighted by atomic mass is 9.93. The van der Waals surface area contributed by atoms with Gasteiger partial charge in [0.05, 0.1) is 0 Å². The maximum atomic E-state index is 10.9. The summed E-state index contributed by atoms with van der Waals surface area (Å²) in [7, 11) is 0. The van der Waals surface area contributed by atoms with Crippen LogP contribution >= 0.6 is 0 Å². The lowest BCUT2D eigenvalue weighted by Crippen LogP contribution is -2.43. The molecular formula is C19H26N4O3. The fourth-order valence-electron chi connectivity index (χ4n) is 2.84. The largest absolute Gasteiger partial charge is 0.476 e. The molecule has 0 aliphatic carbocycles. The summed E-state index contributed by atoms with van der Waals surface area (Å²) in [5.41, 5.74) is 13.4. The highest BCUT2D eigenvalue weighted by molar-refractivity contribution is 5.69. The molecule has 0 aliphatic rings. The highest BCUT2D eigenvalue weighted by Crippen LogP contribution is 2.26. The number of nitrogens with two attached hydrogens (primary N) is 2. The molecule has 2 aromatic rings. The molecule has 0 fully saturated rings. The summed E-state index contributed by atoms with van der Waals surface area (Å²) in [6.07, 6.45) is 3.20. The van der Waals surface area contributed by atoms with Crippen molar-refractivity contribution < 1.29 is 14.3 Å². The minimum Gasteiger partial charge on any atom is -0.476 e. The molecule has 2 rings (SSSR count). The van der Waals surface area contributed by atoms with Crippen molar-refractivity contribution in [3.63, 3.8) is 0 Å². The Hall–Kier alpha value is -2.67. The summed E-state index contributed by atoms with van der Waals surface area (Å²) >= 11 is 0. The van der Waals surface area contributed by atoms with Gasteiger partial charge in [0, 0.05) is 35.1 Å². The van der Waals surface area contributed by atoms with Gasteiger partial charge in [0.15, 0.2) is 0 Å². The number of primary amides is 1. The van der Waals surface area contributed by atoms with Crippen LogP contribution in [0.3, 0.4) is 0 Å². The molecule has 0 radical (unpaired) electrons. The highest BCUT2D eigenvalue weighted by Gasteiger charge is 2.21. The second kappa shape index (κ2) is 8.14. The number of ether oxygens (including phenoxy) is 2. The number of nitrogens with zero attached hydrogens (tertiary/aromatic N) is 2. The average Bonchev–Trinajstić information content (AvgIpc) is 2.52. The molecule has 1 unspecified atom stereocenters. The zero-order valence-corrected chi connectivity index (χ0v) is 15.7. The van der Waals surface area contributed by atoms with Gasteiger partial charge in [0.2, 0.25) is 11.8 Å². The number of aryl methyl sites for hydroxylation is 1. The number of hydrogen-bond donors (Lipinski definition) is 2. The normalized spacial score (nSPS) is 13.3. The highest BCUT2D eigenvalue weighted by atomic mass is 16.6. The van der Waals surface area contributed by atoms with E-state index in [1.807, 2.05) is 19.9 Å². The molecule has 0 saturated heterocycles. The SMILES string of the molecule is Cc1cc(-c2ccnc(OC(N)=O)c2)cnc1OCC(C)(N)CC(C)C. The Kier molecular flexibility index (Phi) is 6.15. The summed E-state index contributed by atoms with van der Waals surface area (Å²) in [5.74, 6) is 1.19. The van der Waals surface area contributed by atoms with Gasteiger partial charge < -0.3 is 20.9 Å². The number of carbonyl (C=O) groups is 1. The molecule has 4 N–H and O–H groups in total. The Bertz CT molecular complexity index is 775. The van der Waals surface area contributed by atoms with E-state index in [4.69, 9.17) is 20.9 Å². The number of hydrogen-bond acceptors (Lipinski definition) is 6. The fraction of sp³-hybridized carbons (Fsp3) is 0.421. The van der Waals surface area contributed by atoms with E-state index in [9.17, 15) is 4.79 Å². The van der Waals surface area contributed by atoms with Crippen molar-refractivity contribution in [2.24, 2.45) is 17.4 Å². The van der Waals surface area contributed by atoms with Crippen molar-refractivity contribution in [2.75, 3.05) is 6.61 Å². The van der Waals surface area contributed by atoms with Gasteiger partial charge in [-0.25, -0.2) is 14.8 Å². The molecule has 0 aliphatic heterocycles. The van der Waals surface area contributed by atoms with E-state index in [-0.39, 0.29) is 5.88 Å². The van der Waals surface area contributed by atoms with E-state index in [0.29, 0.717) is 18.4 Å². The van der Waals surface area contributed by atoms with Gasteiger partial charge in [0.25, 0.3) is 0 Å². The predicted molar refractivity (Wildman–Crippen MR) is 100.0 cm³/mol. The van der Waals surface area contributed by atoms with E-state index in [1.54, 1.807) is 24.5 Å². The lowest BCUT2D eigenvalue weighted by molar-refractivity contribution is 0.199. The number of amides is 1. The average molecular weight is 358 g/mol. The maximum Gasteiger partial charge on any atom is 0.411 e. The predicted octanol–water partition coefficient (Wildman–Crippen LogP) is 3.05. The Balaban J connectivity index is 2.13. The van der Waals surface area contributed by atoms with Crippen LogP contribution in [0.4, 0.5) is 4.79 Å². The van der Waals surface area contributed by atoms with Gasteiger partial charge in [-0.05, 0) is 43.9 Å².